The van der Waals surface area contributed by atoms with E-state index < -0.39 is 0 Å². The maximum absolute atomic E-state index is 3.74. The monoisotopic (exact) mass is 257 g/mol. The summed E-state index contributed by atoms with van der Waals surface area (Å²) in [6, 6.07) is 0.716. The summed E-state index contributed by atoms with van der Waals surface area (Å²) in [7, 11) is 0. The third kappa shape index (κ3) is 4.82. The minimum atomic E-state index is 0.483. The van der Waals surface area contributed by atoms with E-state index in [0.29, 0.717) is 11.5 Å². The Bertz CT molecular complexity index is 203. The SMILES string of the molecule is CCCCCSC1CCCC(C)(C)C1NCC. The molecule has 102 valence electrons. The number of nitrogens with one attached hydrogen (secondary N) is 1. The summed E-state index contributed by atoms with van der Waals surface area (Å²) < 4.78 is 0. The lowest BCUT2D eigenvalue weighted by Gasteiger charge is -2.44. The van der Waals surface area contributed by atoms with Crippen molar-refractivity contribution in [3.63, 3.8) is 0 Å². The zero-order valence-electron chi connectivity index (χ0n) is 12.2. The predicted molar refractivity (Wildman–Crippen MR) is 80.9 cm³/mol. The Hall–Kier alpha value is 0.310. The summed E-state index contributed by atoms with van der Waals surface area (Å²) in [5.74, 6) is 1.36. The van der Waals surface area contributed by atoms with E-state index in [0.717, 1.165) is 11.8 Å². The first-order valence-electron chi connectivity index (χ1n) is 7.46. The highest BCUT2D eigenvalue weighted by Gasteiger charge is 2.38. The molecule has 0 aromatic carbocycles. The lowest BCUT2D eigenvalue weighted by atomic mass is 9.73. The van der Waals surface area contributed by atoms with Crippen LogP contribution in [0.4, 0.5) is 0 Å². The second-order valence-corrected chi connectivity index (χ2v) is 7.38. The second kappa shape index (κ2) is 7.68. The molecule has 1 aliphatic rings. The first kappa shape index (κ1) is 15.4. The van der Waals surface area contributed by atoms with Crippen molar-refractivity contribution in [3.05, 3.63) is 0 Å². The summed E-state index contributed by atoms with van der Waals surface area (Å²) in [5, 5.41) is 4.59. The van der Waals surface area contributed by atoms with Gasteiger partial charge in [0.05, 0.1) is 0 Å². The number of unbranched alkanes of at least 4 members (excludes halogenated alkanes) is 2. The summed E-state index contributed by atoms with van der Waals surface area (Å²) >= 11 is 2.23. The molecule has 0 aromatic heterocycles. The molecule has 1 nitrogen and oxygen atoms in total. The maximum atomic E-state index is 3.74. The van der Waals surface area contributed by atoms with Gasteiger partial charge < -0.3 is 5.32 Å². The molecule has 0 saturated heterocycles. The third-order valence-corrected chi connectivity index (χ3v) is 5.49. The third-order valence-electron chi connectivity index (χ3n) is 4.03. The molecule has 2 unspecified atom stereocenters. The molecule has 0 aliphatic heterocycles. The van der Waals surface area contributed by atoms with Gasteiger partial charge >= 0.3 is 0 Å². The average molecular weight is 257 g/mol. The molecule has 1 N–H and O–H groups in total. The van der Waals surface area contributed by atoms with Crippen molar-refractivity contribution in [2.45, 2.75) is 77.5 Å². The molecule has 17 heavy (non-hydrogen) atoms. The Morgan fingerprint density at radius 1 is 1.24 bits per heavy atom. The number of hydrogen-bond donors (Lipinski definition) is 1. The van der Waals surface area contributed by atoms with Crippen molar-refractivity contribution < 1.29 is 0 Å². The van der Waals surface area contributed by atoms with E-state index in [1.165, 1.54) is 44.3 Å². The standard InChI is InChI=1S/C15H31NS/c1-5-7-8-12-17-13-10-9-11-15(3,4)14(13)16-6-2/h13-14,16H,5-12H2,1-4H3. The smallest absolute Gasteiger partial charge is 0.0237 e. The van der Waals surface area contributed by atoms with E-state index in [4.69, 9.17) is 0 Å². The molecule has 2 atom stereocenters. The lowest BCUT2D eigenvalue weighted by Crippen LogP contribution is -2.51. The Morgan fingerprint density at radius 3 is 2.65 bits per heavy atom. The van der Waals surface area contributed by atoms with E-state index in [2.05, 4.69) is 44.8 Å². The summed E-state index contributed by atoms with van der Waals surface area (Å²) in [4.78, 5) is 0. The highest BCUT2D eigenvalue weighted by atomic mass is 32.2. The molecule has 0 radical (unpaired) electrons. The fraction of sp³-hybridized carbons (Fsp3) is 1.00. The van der Waals surface area contributed by atoms with Crippen molar-refractivity contribution in [1.82, 2.24) is 5.32 Å². The first-order chi connectivity index (χ1) is 8.11. The van der Waals surface area contributed by atoms with Crippen molar-refractivity contribution in [1.29, 1.82) is 0 Å². The van der Waals surface area contributed by atoms with Crippen LogP contribution in [-0.2, 0) is 0 Å². The summed E-state index contributed by atoms with van der Waals surface area (Å²) in [5.41, 5.74) is 0.483. The van der Waals surface area contributed by atoms with Crippen molar-refractivity contribution in [3.8, 4) is 0 Å². The largest absolute Gasteiger partial charge is 0.313 e. The molecule has 0 aromatic rings. The number of rotatable bonds is 7. The Labute approximate surface area is 113 Å². The Balaban J connectivity index is 2.43. The van der Waals surface area contributed by atoms with E-state index in [-0.39, 0.29) is 0 Å². The Morgan fingerprint density at radius 2 is 2.00 bits per heavy atom. The van der Waals surface area contributed by atoms with Crippen molar-refractivity contribution in [2.24, 2.45) is 5.41 Å². The first-order valence-corrected chi connectivity index (χ1v) is 8.51. The van der Waals surface area contributed by atoms with Crippen LogP contribution in [0.2, 0.25) is 0 Å². The van der Waals surface area contributed by atoms with E-state index in [9.17, 15) is 0 Å². The van der Waals surface area contributed by atoms with Crippen LogP contribution in [0.5, 0.6) is 0 Å². The van der Waals surface area contributed by atoms with Gasteiger partial charge in [-0.15, -0.1) is 0 Å². The van der Waals surface area contributed by atoms with Crippen molar-refractivity contribution in [2.75, 3.05) is 12.3 Å². The highest BCUT2D eigenvalue weighted by Crippen LogP contribution is 2.40. The van der Waals surface area contributed by atoms with Crippen molar-refractivity contribution >= 4 is 11.8 Å². The molecular weight excluding hydrogens is 226 g/mol. The number of hydrogen-bond acceptors (Lipinski definition) is 2. The van der Waals surface area contributed by atoms with Crippen LogP contribution in [0, 0.1) is 5.41 Å². The fourth-order valence-corrected chi connectivity index (χ4v) is 4.64. The van der Waals surface area contributed by atoms with Gasteiger partial charge in [-0.25, -0.2) is 0 Å². The zero-order chi connectivity index (χ0) is 12.7. The minimum Gasteiger partial charge on any atom is -0.313 e. The van der Waals surface area contributed by atoms with Gasteiger partial charge in [0.25, 0.3) is 0 Å². The highest BCUT2D eigenvalue weighted by molar-refractivity contribution is 7.99. The van der Waals surface area contributed by atoms with Crippen LogP contribution in [0.15, 0.2) is 0 Å². The molecule has 0 spiro atoms. The van der Waals surface area contributed by atoms with E-state index >= 15 is 0 Å². The van der Waals surface area contributed by atoms with Crippen LogP contribution in [-0.4, -0.2) is 23.6 Å². The zero-order valence-corrected chi connectivity index (χ0v) is 13.0. The van der Waals surface area contributed by atoms with Gasteiger partial charge in [0.1, 0.15) is 0 Å². The summed E-state index contributed by atoms with van der Waals surface area (Å²) in [6.45, 7) is 10.5. The van der Waals surface area contributed by atoms with Gasteiger partial charge in [0.2, 0.25) is 0 Å². The van der Waals surface area contributed by atoms with Crippen LogP contribution in [0.25, 0.3) is 0 Å². The average Bonchev–Trinajstić information content (AvgIpc) is 2.28. The van der Waals surface area contributed by atoms with Gasteiger partial charge in [-0.05, 0) is 37.0 Å². The molecule has 1 saturated carbocycles. The molecule has 0 bridgehead atoms. The molecule has 0 amide bonds. The van der Waals surface area contributed by atoms with Gasteiger partial charge in [-0.3, -0.25) is 0 Å². The van der Waals surface area contributed by atoms with Gasteiger partial charge in [0.15, 0.2) is 0 Å². The molecule has 0 heterocycles. The van der Waals surface area contributed by atoms with Gasteiger partial charge in [0, 0.05) is 11.3 Å². The van der Waals surface area contributed by atoms with Crippen LogP contribution in [0.1, 0.15) is 66.2 Å². The van der Waals surface area contributed by atoms with E-state index in [1.807, 2.05) is 0 Å². The van der Waals surface area contributed by atoms with Crippen LogP contribution >= 0.6 is 11.8 Å². The molecule has 1 rings (SSSR count). The Kier molecular flexibility index (Phi) is 6.94. The van der Waals surface area contributed by atoms with Gasteiger partial charge in [-0.1, -0.05) is 47.0 Å². The second-order valence-electron chi connectivity index (χ2n) is 6.03. The molecular formula is C15H31NS. The normalized spacial score (nSPS) is 28.2. The maximum Gasteiger partial charge on any atom is 0.0237 e. The molecule has 2 heteroatoms. The van der Waals surface area contributed by atoms with E-state index in [1.54, 1.807) is 0 Å². The molecule has 1 aliphatic carbocycles. The van der Waals surface area contributed by atoms with Crippen LogP contribution < -0.4 is 5.32 Å². The number of thioether (sulfide) groups is 1. The van der Waals surface area contributed by atoms with Crippen LogP contribution in [0.3, 0.4) is 0 Å². The molecule has 1 fully saturated rings. The fourth-order valence-electron chi connectivity index (χ4n) is 2.98. The lowest BCUT2D eigenvalue weighted by molar-refractivity contribution is 0.176. The predicted octanol–water partition coefficient (Wildman–Crippen LogP) is 4.47. The van der Waals surface area contributed by atoms with Gasteiger partial charge in [-0.2, -0.15) is 11.8 Å². The minimum absolute atomic E-state index is 0.483. The topological polar surface area (TPSA) is 12.0 Å². The quantitative estimate of drug-likeness (QED) is 0.676. The summed E-state index contributed by atoms with van der Waals surface area (Å²) in [6.07, 6.45) is 8.36.